The maximum absolute atomic E-state index is 6.27. The Morgan fingerprint density at radius 1 is 1.04 bits per heavy atom. The zero-order valence-electron chi connectivity index (χ0n) is 14.5. The molecule has 0 aliphatic heterocycles. The molecule has 0 aromatic heterocycles. The Morgan fingerprint density at radius 2 is 1.79 bits per heavy atom. The molecule has 0 fully saturated rings. The van der Waals surface area contributed by atoms with Gasteiger partial charge < -0.3 is 10.1 Å². The lowest BCUT2D eigenvalue weighted by Gasteiger charge is -2.22. The lowest BCUT2D eigenvalue weighted by atomic mass is 9.98. The smallest absolute Gasteiger partial charge is 0.123 e. The first-order valence-corrected chi connectivity index (χ1v) is 9.25. The fourth-order valence-corrected chi connectivity index (χ4v) is 2.88. The van der Waals surface area contributed by atoms with Gasteiger partial charge in [-0.1, -0.05) is 62.2 Å². The van der Waals surface area contributed by atoms with Crippen molar-refractivity contribution in [2.75, 3.05) is 11.9 Å². The molecule has 2 aromatic rings. The van der Waals surface area contributed by atoms with Gasteiger partial charge in [-0.15, -0.1) is 0 Å². The summed E-state index contributed by atoms with van der Waals surface area (Å²) in [6, 6.07) is 13.7. The van der Waals surface area contributed by atoms with E-state index in [1.54, 1.807) is 12.1 Å². The topological polar surface area (TPSA) is 21.3 Å². The third-order valence-corrected chi connectivity index (χ3v) is 4.82. The molecule has 2 rings (SSSR count). The van der Waals surface area contributed by atoms with E-state index >= 15 is 0 Å². The third kappa shape index (κ3) is 5.06. The second-order valence-corrected chi connectivity index (χ2v) is 6.84. The summed E-state index contributed by atoms with van der Waals surface area (Å²) in [6.07, 6.45) is 2.05. The second-order valence-electron chi connectivity index (χ2n) is 6.00. The molecule has 0 saturated heterocycles. The maximum Gasteiger partial charge on any atom is 0.123 e. The summed E-state index contributed by atoms with van der Waals surface area (Å²) >= 11 is 12.2. The van der Waals surface area contributed by atoms with Gasteiger partial charge in [-0.25, -0.2) is 0 Å². The van der Waals surface area contributed by atoms with Crippen LogP contribution in [0.4, 0.5) is 5.69 Å². The highest BCUT2D eigenvalue weighted by atomic mass is 35.5. The average Bonchev–Trinajstić information content (AvgIpc) is 2.60. The average molecular weight is 366 g/mol. The molecule has 0 aliphatic carbocycles. The van der Waals surface area contributed by atoms with Crippen molar-refractivity contribution in [3.05, 3.63) is 58.1 Å². The largest absolute Gasteiger partial charge is 0.488 e. The van der Waals surface area contributed by atoms with Crippen molar-refractivity contribution in [1.82, 2.24) is 0 Å². The molecule has 0 aliphatic rings. The first kappa shape index (κ1) is 19.0. The lowest BCUT2D eigenvalue weighted by molar-refractivity contribution is 0.207. The summed E-state index contributed by atoms with van der Waals surface area (Å²) in [5, 5.41) is 4.67. The lowest BCUT2D eigenvalue weighted by Crippen LogP contribution is -2.26. The molecule has 24 heavy (non-hydrogen) atoms. The van der Waals surface area contributed by atoms with Crippen LogP contribution in [0, 0.1) is 0 Å². The van der Waals surface area contributed by atoms with Crippen LogP contribution in [0.3, 0.4) is 0 Å². The highest BCUT2D eigenvalue weighted by Gasteiger charge is 2.14. The highest BCUT2D eigenvalue weighted by molar-refractivity contribution is 6.35. The summed E-state index contributed by atoms with van der Waals surface area (Å²) in [7, 11) is 0. The number of ether oxygens (including phenoxy) is 1. The van der Waals surface area contributed by atoms with E-state index in [-0.39, 0.29) is 6.10 Å². The van der Waals surface area contributed by atoms with Crippen molar-refractivity contribution in [2.45, 2.75) is 45.6 Å². The molecule has 0 saturated carbocycles. The zero-order valence-corrected chi connectivity index (χ0v) is 16.0. The number of anilines is 1. The van der Waals surface area contributed by atoms with Crippen molar-refractivity contribution in [3.63, 3.8) is 0 Å². The predicted octanol–water partition coefficient (Wildman–Crippen LogP) is 6.78. The molecular formula is C20H25Cl2NO. The van der Waals surface area contributed by atoms with Gasteiger partial charge in [-0.3, -0.25) is 0 Å². The molecule has 0 bridgehead atoms. The number of hydrogen-bond acceptors (Lipinski definition) is 2. The van der Waals surface area contributed by atoms with E-state index in [1.165, 1.54) is 5.56 Å². The molecule has 0 spiro atoms. The van der Waals surface area contributed by atoms with Gasteiger partial charge in [0.05, 0.1) is 17.3 Å². The van der Waals surface area contributed by atoms with Crippen molar-refractivity contribution >= 4 is 28.9 Å². The number of halogens is 2. The normalized spacial score (nSPS) is 13.4. The number of hydrogen-bond donors (Lipinski definition) is 1. The first-order valence-electron chi connectivity index (χ1n) is 8.49. The molecule has 130 valence electrons. The van der Waals surface area contributed by atoms with E-state index in [0.29, 0.717) is 22.5 Å². The number of rotatable bonds is 8. The van der Waals surface area contributed by atoms with Crippen LogP contribution in [0.2, 0.25) is 10.0 Å². The van der Waals surface area contributed by atoms with E-state index < -0.39 is 0 Å². The van der Waals surface area contributed by atoms with Crippen LogP contribution in [0.25, 0.3) is 0 Å². The Bertz CT molecular complexity index is 660. The van der Waals surface area contributed by atoms with E-state index in [2.05, 4.69) is 44.3 Å². The van der Waals surface area contributed by atoms with Crippen LogP contribution in [0.15, 0.2) is 42.5 Å². The van der Waals surface area contributed by atoms with Gasteiger partial charge in [-0.05, 0) is 48.6 Å². The van der Waals surface area contributed by atoms with Crippen molar-refractivity contribution in [1.29, 1.82) is 0 Å². The maximum atomic E-state index is 6.27. The molecule has 2 atom stereocenters. The minimum Gasteiger partial charge on any atom is -0.488 e. The van der Waals surface area contributed by atoms with E-state index in [4.69, 9.17) is 27.9 Å². The summed E-state index contributed by atoms with van der Waals surface area (Å²) in [5.74, 6) is 1.45. The monoisotopic (exact) mass is 365 g/mol. The summed E-state index contributed by atoms with van der Waals surface area (Å²) < 4.78 is 6.27. The van der Waals surface area contributed by atoms with Gasteiger partial charge >= 0.3 is 0 Å². The van der Waals surface area contributed by atoms with Gasteiger partial charge in [0.15, 0.2) is 0 Å². The van der Waals surface area contributed by atoms with Gasteiger partial charge in [-0.2, -0.15) is 0 Å². The summed E-state index contributed by atoms with van der Waals surface area (Å²) in [5.41, 5.74) is 2.10. The van der Waals surface area contributed by atoms with Crippen LogP contribution in [-0.2, 0) is 0 Å². The fraction of sp³-hybridized carbons (Fsp3) is 0.400. The number of benzene rings is 2. The van der Waals surface area contributed by atoms with Crippen LogP contribution < -0.4 is 10.1 Å². The summed E-state index contributed by atoms with van der Waals surface area (Å²) in [6.45, 7) is 7.22. The van der Waals surface area contributed by atoms with Crippen molar-refractivity contribution in [2.24, 2.45) is 0 Å². The molecule has 4 heteroatoms. The predicted molar refractivity (Wildman–Crippen MR) is 105 cm³/mol. The fourth-order valence-electron chi connectivity index (χ4n) is 2.52. The summed E-state index contributed by atoms with van der Waals surface area (Å²) in [4.78, 5) is 0. The minimum absolute atomic E-state index is 0.0604. The Hall–Kier alpha value is -1.38. The molecule has 0 amide bonds. The molecule has 2 aromatic carbocycles. The van der Waals surface area contributed by atoms with Crippen LogP contribution >= 0.6 is 23.2 Å². The Kier molecular flexibility index (Phi) is 7.26. The standard InChI is InChI=1S/C20H25Cl2NO/c1-4-14(3)17-8-6-7-9-20(17)24-16(5-2)13-23-19-12-15(21)10-11-18(19)22/h6-12,14,16,23H,4-5,13H2,1-3H3. The van der Waals surface area contributed by atoms with Crippen molar-refractivity contribution in [3.8, 4) is 5.75 Å². The number of para-hydroxylation sites is 1. The van der Waals surface area contributed by atoms with Gasteiger partial charge in [0.1, 0.15) is 11.9 Å². The quantitative estimate of drug-likeness (QED) is 0.556. The van der Waals surface area contributed by atoms with Crippen LogP contribution in [0.1, 0.15) is 45.1 Å². The Balaban J connectivity index is 2.06. The highest BCUT2D eigenvalue weighted by Crippen LogP contribution is 2.30. The molecule has 0 radical (unpaired) electrons. The molecule has 2 nitrogen and oxygen atoms in total. The van der Waals surface area contributed by atoms with E-state index in [1.807, 2.05) is 12.1 Å². The molecule has 0 heterocycles. The van der Waals surface area contributed by atoms with Gasteiger partial charge in [0.2, 0.25) is 0 Å². The van der Waals surface area contributed by atoms with E-state index in [9.17, 15) is 0 Å². The second kappa shape index (κ2) is 9.19. The zero-order chi connectivity index (χ0) is 17.5. The van der Waals surface area contributed by atoms with Crippen molar-refractivity contribution < 1.29 is 4.74 Å². The Morgan fingerprint density at radius 3 is 2.50 bits per heavy atom. The Labute approximate surface area is 155 Å². The third-order valence-electron chi connectivity index (χ3n) is 4.26. The minimum atomic E-state index is 0.0604. The first-order chi connectivity index (χ1) is 11.5. The molecule has 2 unspecified atom stereocenters. The van der Waals surface area contributed by atoms with Crippen LogP contribution in [0.5, 0.6) is 5.75 Å². The van der Waals surface area contributed by atoms with Crippen LogP contribution in [-0.4, -0.2) is 12.6 Å². The van der Waals surface area contributed by atoms with Gasteiger partial charge in [0.25, 0.3) is 0 Å². The number of nitrogens with one attached hydrogen (secondary N) is 1. The molecule has 1 N–H and O–H groups in total. The molecular weight excluding hydrogens is 341 g/mol. The van der Waals surface area contributed by atoms with E-state index in [0.717, 1.165) is 24.3 Å². The van der Waals surface area contributed by atoms with Gasteiger partial charge in [0, 0.05) is 5.02 Å². The SMILES string of the molecule is CCC(CNc1cc(Cl)ccc1Cl)Oc1ccccc1C(C)CC.